The lowest BCUT2D eigenvalue weighted by molar-refractivity contribution is 0.275. The molecule has 0 aliphatic carbocycles. The summed E-state index contributed by atoms with van der Waals surface area (Å²) in [4.78, 5) is 4.43. The molecule has 0 spiro atoms. The maximum atomic E-state index is 4.43. The van der Waals surface area contributed by atoms with Gasteiger partial charge in [0.25, 0.3) is 0 Å². The van der Waals surface area contributed by atoms with Gasteiger partial charge in [-0.15, -0.1) is 0 Å². The molecule has 2 unspecified atom stereocenters. The van der Waals surface area contributed by atoms with Crippen molar-refractivity contribution < 1.29 is 0 Å². The summed E-state index contributed by atoms with van der Waals surface area (Å²) in [5.41, 5.74) is 1.49. The number of hydrogen-bond acceptors (Lipinski definition) is 1. The zero-order valence-corrected chi connectivity index (χ0v) is 22.6. The van der Waals surface area contributed by atoms with E-state index in [-0.39, 0.29) is 0 Å². The highest BCUT2D eigenvalue weighted by Gasteiger charge is 2.23. The Hall–Kier alpha value is -1.57. The van der Waals surface area contributed by atoms with Gasteiger partial charge in [0.05, 0.1) is 6.33 Å². The highest BCUT2D eigenvalue weighted by atomic mass is 15.1. The average Bonchev–Trinajstić information content (AvgIpc) is 3.39. The van der Waals surface area contributed by atoms with Crippen LogP contribution in [-0.2, 0) is 6.42 Å². The van der Waals surface area contributed by atoms with Gasteiger partial charge in [-0.2, -0.15) is 0 Å². The molecule has 0 aliphatic heterocycles. The van der Waals surface area contributed by atoms with E-state index in [2.05, 4.69) is 66.3 Å². The molecule has 34 heavy (non-hydrogen) atoms. The molecule has 0 saturated heterocycles. The third-order valence-electron chi connectivity index (χ3n) is 7.57. The quantitative estimate of drug-likeness (QED) is 0.158. The molecule has 0 bridgehead atoms. The molecule has 0 saturated carbocycles. The van der Waals surface area contributed by atoms with Crippen LogP contribution in [0.2, 0.25) is 0 Å². The van der Waals surface area contributed by atoms with Gasteiger partial charge >= 0.3 is 0 Å². The summed E-state index contributed by atoms with van der Waals surface area (Å²) < 4.78 is 2.43. The van der Waals surface area contributed by atoms with Crippen LogP contribution in [-0.4, -0.2) is 9.55 Å². The van der Waals surface area contributed by atoms with Crippen LogP contribution in [0.25, 0.3) is 0 Å². The molecule has 2 heteroatoms. The van der Waals surface area contributed by atoms with Crippen LogP contribution < -0.4 is 0 Å². The summed E-state index contributed by atoms with van der Waals surface area (Å²) in [6.07, 6.45) is 32.4. The van der Waals surface area contributed by atoms with Crippen molar-refractivity contribution in [2.75, 3.05) is 0 Å². The molecule has 2 nitrogen and oxygen atoms in total. The number of unbranched alkanes of at least 4 members (excludes halogenated alkanes) is 14. The zero-order chi connectivity index (χ0) is 24.1. The molecule has 0 N–H and O–H groups in total. The largest absolute Gasteiger partial charge is 0.334 e. The van der Waals surface area contributed by atoms with Crippen LogP contribution >= 0.6 is 0 Å². The van der Waals surface area contributed by atoms with Crippen LogP contribution in [0.3, 0.4) is 0 Å². The number of rotatable bonds is 22. The topological polar surface area (TPSA) is 17.8 Å². The fraction of sp³-hybridized carbons (Fsp3) is 0.719. The lowest BCUT2D eigenvalue weighted by atomic mass is 9.84. The summed E-state index contributed by atoms with van der Waals surface area (Å²) in [6.45, 7) is 4.60. The molecule has 1 heterocycles. The minimum absolute atomic E-state index is 0.576. The third-order valence-corrected chi connectivity index (χ3v) is 7.57. The van der Waals surface area contributed by atoms with Crippen molar-refractivity contribution >= 4 is 0 Å². The summed E-state index contributed by atoms with van der Waals surface area (Å²) in [5, 5.41) is 0. The number of nitrogens with zero attached hydrogens (tertiary/aromatic N) is 2. The van der Waals surface area contributed by atoms with Crippen LogP contribution in [0, 0.1) is 5.92 Å². The second-order valence-electron chi connectivity index (χ2n) is 10.6. The van der Waals surface area contributed by atoms with Gasteiger partial charge in [0.2, 0.25) is 0 Å². The Balaban J connectivity index is 1.86. The number of hydrogen-bond donors (Lipinski definition) is 0. The number of imidazole rings is 1. The third kappa shape index (κ3) is 12.8. The van der Waals surface area contributed by atoms with Crippen molar-refractivity contribution in [2.45, 2.75) is 142 Å². The lowest BCUT2D eigenvalue weighted by Crippen LogP contribution is -2.21. The Morgan fingerprint density at radius 1 is 0.647 bits per heavy atom. The molecule has 2 aromatic rings. The van der Waals surface area contributed by atoms with E-state index < -0.39 is 0 Å². The first-order valence-electron chi connectivity index (χ1n) is 14.9. The first-order chi connectivity index (χ1) is 16.8. The fourth-order valence-corrected chi connectivity index (χ4v) is 5.47. The highest BCUT2D eigenvalue weighted by Crippen LogP contribution is 2.32. The number of benzene rings is 1. The summed E-state index contributed by atoms with van der Waals surface area (Å²) in [7, 11) is 0. The minimum atomic E-state index is 0.576. The molecule has 192 valence electrons. The molecule has 1 aromatic heterocycles. The van der Waals surface area contributed by atoms with Gasteiger partial charge in [-0.3, -0.25) is 0 Å². The molecule has 2 atom stereocenters. The van der Waals surface area contributed by atoms with E-state index in [4.69, 9.17) is 0 Å². The Morgan fingerprint density at radius 3 is 1.71 bits per heavy atom. The average molecular weight is 467 g/mol. The lowest BCUT2D eigenvalue weighted by Gasteiger charge is -2.29. The van der Waals surface area contributed by atoms with Crippen molar-refractivity contribution in [3.63, 3.8) is 0 Å². The first kappa shape index (κ1) is 28.7. The smallest absolute Gasteiger partial charge is 0.0948 e. The van der Waals surface area contributed by atoms with Crippen molar-refractivity contribution in [1.29, 1.82) is 0 Å². The molecule has 2 rings (SSSR count). The Bertz CT molecular complexity index is 664. The molecule has 1 aromatic carbocycles. The van der Waals surface area contributed by atoms with Gasteiger partial charge in [-0.05, 0) is 30.7 Å². The maximum Gasteiger partial charge on any atom is 0.0948 e. The summed E-state index contributed by atoms with van der Waals surface area (Å²) >= 11 is 0. The SMILES string of the molecule is CCCCCCCCCCCC(C(CCCCCCCCC)Cc1ccccc1)n1ccnc1. The maximum absolute atomic E-state index is 4.43. The van der Waals surface area contributed by atoms with Crippen molar-refractivity contribution in [2.24, 2.45) is 5.92 Å². The first-order valence-corrected chi connectivity index (χ1v) is 14.9. The van der Waals surface area contributed by atoms with Gasteiger partial charge in [0, 0.05) is 18.4 Å². The van der Waals surface area contributed by atoms with Gasteiger partial charge < -0.3 is 4.57 Å². The van der Waals surface area contributed by atoms with Gasteiger partial charge in [0.15, 0.2) is 0 Å². The van der Waals surface area contributed by atoms with Gasteiger partial charge in [-0.25, -0.2) is 4.98 Å². The predicted octanol–water partition coefficient (Wildman–Crippen LogP) is 10.3. The Labute approximate surface area is 212 Å². The molecular weight excluding hydrogens is 412 g/mol. The predicted molar refractivity (Wildman–Crippen MR) is 149 cm³/mol. The second kappa shape index (κ2) is 19.7. The van der Waals surface area contributed by atoms with E-state index in [0.717, 1.165) is 0 Å². The number of aromatic nitrogens is 2. The van der Waals surface area contributed by atoms with Crippen molar-refractivity contribution in [3.8, 4) is 0 Å². The van der Waals surface area contributed by atoms with E-state index in [1.807, 2.05) is 6.20 Å². The Morgan fingerprint density at radius 2 is 1.18 bits per heavy atom. The second-order valence-corrected chi connectivity index (χ2v) is 10.6. The molecule has 0 amide bonds. The van der Waals surface area contributed by atoms with E-state index >= 15 is 0 Å². The summed E-state index contributed by atoms with van der Waals surface area (Å²) in [5.74, 6) is 0.696. The van der Waals surface area contributed by atoms with Crippen LogP contribution in [0.4, 0.5) is 0 Å². The van der Waals surface area contributed by atoms with Crippen LogP contribution in [0.15, 0.2) is 49.1 Å². The standard InChI is InChI=1S/C32H54N2/c1-3-5-7-9-11-12-14-16-21-25-32(34-27-26-33-29-34)31(28-30-22-18-17-19-23-30)24-20-15-13-10-8-6-4-2/h17-19,22-23,26-27,29,31-32H,3-16,20-21,24-25,28H2,1-2H3. The van der Waals surface area contributed by atoms with E-state index in [0.29, 0.717) is 12.0 Å². The van der Waals surface area contributed by atoms with Crippen LogP contribution in [0.5, 0.6) is 0 Å². The van der Waals surface area contributed by atoms with Crippen molar-refractivity contribution in [1.82, 2.24) is 9.55 Å². The van der Waals surface area contributed by atoms with E-state index in [9.17, 15) is 0 Å². The van der Waals surface area contributed by atoms with Crippen LogP contribution in [0.1, 0.15) is 141 Å². The van der Waals surface area contributed by atoms with Gasteiger partial charge in [0.1, 0.15) is 0 Å². The van der Waals surface area contributed by atoms with Gasteiger partial charge in [-0.1, -0.05) is 147 Å². The molecular formula is C32H54N2. The van der Waals surface area contributed by atoms with E-state index in [1.54, 1.807) is 0 Å². The monoisotopic (exact) mass is 466 g/mol. The highest BCUT2D eigenvalue weighted by molar-refractivity contribution is 5.15. The van der Waals surface area contributed by atoms with Crippen molar-refractivity contribution in [3.05, 3.63) is 54.6 Å². The fourth-order valence-electron chi connectivity index (χ4n) is 5.47. The Kier molecular flexibility index (Phi) is 16.6. The molecule has 0 fully saturated rings. The summed E-state index contributed by atoms with van der Waals surface area (Å²) in [6, 6.07) is 11.8. The minimum Gasteiger partial charge on any atom is -0.334 e. The normalized spacial score (nSPS) is 13.2. The van der Waals surface area contributed by atoms with E-state index in [1.165, 1.54) is 128 Å². The molecule has 0 aliphatic rings. The zero-order valence-electron chi connectivity index (χ0n) is 22.6. The molecule has 0 radical (unpaired) electrons.